The molecule has 7 nitrogen and oxygen atoms in total. The summed E-state index contributed by atoms with van der Waals surface area (Å²) in [5.41, 5.74) is -0.0985. The summed E-state index contributed by atoms with van der Waals surface area (Å²) >= 11 is 0. The maximum atomic E-state index is 12.1. The molecule has 0 bridgehead atoms. The molecule has 0 aromatic heterocycles. The van der Waals surface area contributed by atoms with E-state index in [-0.39, 0.29) is 13.3 Å². The van der Waals surface area contributed by atoms with E-state index in [1.807, 2.05) is 6.07 Å². The number of nitrogens with one attached hydrogen (secondary N) is 2. The summed E-state index contributed by atoms with van der Waals surface area (Å²) in [6.45, 7) is 1.81. The Morgan fingerprint density at radius 3 is 2.80 bits per heavy atom. The van der Waals surface area contributed by atoms with Crippen LogP contribution in [0.25, 0.3) is 0 Å². The number of aliphatic hydroxyl groups is 1. The van der Waals surface area contributed by atoms with Crippen molar-refractivity contribution in [3.05, 3.63) is 48.0 Å². The average molecular weight is 344 g/mol. The summed E-state index contributed by atoms with van der Waals surface area (Å²) in [4.78, 5) is 12.1. The lowest BCUT2D eigenvalue weighted by atomic mass is 9.95. The number of hydrogen-bond donors (Lipinski definition) is 3. The predicted octanol–water partition coefficient (Wildman–Crippen LogP) is 2.45. The van der Waals surface area contributed by atoms with Gasteiger partial charge in [0.05, 0.1) is 19.3 Å². The van der Waals surface area contributed by atoms with Gasteiger partial charge in [-0.3, -0.25) is 0 Å². The van der Waals surface area contributed by atoms with Crippen LogP contribution in [0.1, 0.15) is 12.5 Å². The van der Waals surface area contributed by atoms with E-state index in [1.165, 1.54) is 7.11 Å². The summed E-state index contributed by atoms with van der Waals surface area (Å²) in [6, 6.07) is 11.8. The first-order valence-electron chi connectivity index (χ1n) is 7.80. The zero-order valence-electron chi connectivity index (χ0n) is 14.0. The van der Waals surface area contributed by atoms with Gasteiger partial charge in [0.2, 0.25) is 6.79 Å². The van der Waals surface area contributed by atoms with Crippen LogP contribution in [0.3, 0.4) is 0 Å². The smallest absolute Gasteiger partial charge is 0.319 e. The minimum atomic E-state index is -1.26. The molecule has 1 atom stereocenters. The Bertz CT molecular complexity index is 776. The molecule has 25 heavy (non-hydrogen) atoms. The Balaban J connectivity index is 1.62. The number of benzene rings is 2. The van der Waals surface area contributed by atoms with Gasteiger partial charge < -0.3 is 30.0 Å². The third-order valence-corrected chi connectivity index (χ3v) is 3.94. The second-order valence-electron chi connectivity index (χ2n) is 5.85. The molecule has 1 aliphatic heterocycles. The van der Waals surface area contributed by atoms with E-state index in [1.54, 1.807) is 43.3 Å². The van der Waals surface area contributed by atoms with E-state index in [4.69, 9.17) is 14.2 Å². The SMILES string of the molecule is COc1ccccc1NC(=O)NCC(C)(O)c1ccc2c(c1)OCO2. The highest BCUT2D eigenvalue weighted by atomic mass is 16.7. The third kappa shape index (κ3) is 3.77. The number of anilines is 1. The second kappa shape index (κ2) is 6.90. The van der Waals surface area contributed by atoms with Crippen LogP contribution in [0, 0.1) is 0 Å². The van der Waals surface area contributed by atoms with Crippen LogP contribution in [0.15, 0.2) is 42.5 Å². The molecule has 0 saturated carbocycles. The zero-order chi connectivity index (χ0) is 17.9. The number of amides is 2. The van der Waals surface area contributed by atoms with Crippen LogP contribution < -0.4 is 24.8 Å². The molecule has 0 aliphatic carbocycles. The number of ether oxygens (including phenoxy) is 3. The lowest BCUT2D eigenvalue weighted by molar-refractivity contribution is 0.0597. The molecule has 0 saturated heterocycles. The van der Waals surface area contributed by atoms with Crippen molar-refractivity contribution in [2.24, 2.45) is 0 Å². The maximum Gasteiger partial charge on any atom is 0.319 e. The summed E-state index contributed by atoms with van der Waals surface area (Å²) in [5, 5.41) is 16.0. The van der Waals surface area contributed by atoms with E-state index in [0.717, 1.165) is 0 Å². The van der Waals surface area contributed by atoms with E-state index >= 15 is 0 Å². The highest BCUT2D eigenvalue weighted by Crippen LogP contribution is 2.35. The van der Waals surface area contributed by atoms with Gasteiger partial charge >= 0.3 is 6.03 Å². The molecule has 7 heteroatoms. The molecule has 0 spiro atoms. The molecule has 132 valence electrons. The number of hydrogen-bond acceptors (Lipinski definition) is 5. The first-order valence-corrected chi connectivity index (χ1v) is 7.80. The van der Waals surface area contributed by atoms with Crippen LogP contribution in [-0.2, 0) is 5.60 Å². The Hall–Kier alpha value is -2.93. The Morgan fingerprint density at radius 1 is 1.24 bits per heavy atom. The van der Waals surface area contributed by atoms with Gasteiger partial charge in [0.15, 0.2) is 11.5 Å². The lowest BCUT2D eigenvalue weighted by Gasteiger charge is -2.24. The van der Waals surface area contributed by atoms with Gasteiger partial charge in [-0.1, -0.05) is 18.2 Å². The summed E-state index contributed by atoms with van der Waals surface area (Å²) in [7, 11) is 1.53. The Kier molecular flexibility index (Phi) is 4.67. The van der Waals surface area contributed by atoms with Crippen molar-refractivity contribution in [3.63, 3.8) is 0 Å². The fourth-order valence-corrected chi connectivity index (χ4v) is 2.50. The topological polar surface area (TPSA) is 89.1 Å². The van der Waals surface area contributed by atoms with Gasteiger partial charge in [-0.15, -0.1) is 0 Å². The third-order valence-electron chi connectivity index (χ3n) is 3.94. The van der Waals surface area contributed by atoms with E-state index in [2.05, 4.69) is 10.6 Å². The van der Waals surface area contributed by atoms with Gasteiger partial charge in [-0.2, -0.15) is 0 Å². The number of rotatable bonds is 5. The molecule has 2 aromatic carbocycles. The van der Waals surface area contributed by atoms with Crippen molar-refractivity contribution < 1.29 is 24.1 Å². The average Bonchev–Trinajstić information content (AvgIpc) is 3.08. The van der Waals surface area contributed by atoms with Gasteiger partial charge in [-0.05, 0) is 36.8 Å². The Labute approximate surface area is 145 Å². The van der Waals surface area contributed by atoms with E-state index < -0.39 is 11.6 Å². The van der Waals surface area contributed by atoms with Crippen LogP contribution in [0.4, 0.5) is 10.5 Å². The largest absolute Gasteiger partial charge is 0.495 e. The molecular weight excluding hydrogens is 324 g/mol. The Morgan fingerprint density at radius 2 is 2.00 bits per heavy atom. The number of para-hydroxylation sites is 2. The van der Waals surface area contributed by atoms with Crippen LogP contribution in [0.5, 0.6) is 17.2 Å². The second-order valence-corrected chi connectivity index (χ2v) is 5.85. The zero-order valence-corrected chi connectivity index (χ0v) is 14.0. The first-order chi connectivity index (χ1) is 12.0. The lowest BCUT2D eigenvalue weighted by Crippen LogP contribution is -2.40. The normalized spacial score (nSPS) is 14.5. The number of methoxy groups -OCH3 is 1. The molecule has 2 amide bonds. The molecular formula is C18H20N2O5. The fraction of sp³-hybridized carbons (Fsp3) is 0.278. The quantitative estimate of drug-likeness (QED) is 0.775. The molecule has 1 heterocycles. The molecule has 0 fully saturated rings. The monoisotopic (exact) mass is 344 g/mol. The minimum Gasteiger partial charge on any atom is -0.495 e. The summed E-state index contributed by atoms with van der Waals surface area (Å²) < 4.78 is 15.8. The standard InChI is InChI=1S/C18H20N2O5/c1-18(22,12-7-8-15-16(9-12)25-11-24-15)10-19-17(21)20-13-5-3-4-6-14(13)23-2/h3-9,22H,10-11H2,1-2H3,(H2,19,20,21). The highest BCUT2D eigenvalue weighted by molar-refractivity contribution is 5.90. The first kappa shape index (κ1) is 16.9. The van der Waals surface area contributed by atoms with E-state index in [9.17, 15) is 9.90 Å². The van der Waals surface area contributed by atoms with Crippen LogP contribution in [-0.4, -0.2) is 31.6 Å². The predicted molar refractivity (Wildman–Crippen MR) is 92.2 cm³/mol. The number of urea groups is 1. The minimum absolute atomic E-state index is 0.0215. The van der Waals surface area contributed by atoms with E-state index in [0.29, 0.717) is 28.5 Å². The summed E-state index contributed by atoms with van der Waals surface area (Å²) in [6.07, 6.45) is 0. The highest BCUT2D eigenvalue weighted by Gasteiger charge is 2.26. The van der Waals surface area contributed by atoms with Gasteiger partial charge in [0, 0.05) is 0 Å². The molecule has 1 unspecified atom stereocenters. The van der Waals surface area contributed by atoms with Crippen molar-refractivity contribution in [2.75, 3.05) is 25.8 Å². The van der Waals surface area contributed by atoms with Crippen molar-refractivity contribution in [1.82, 2.24) is 5.32 Å². The molecule has 3 N–H and O–H groups in total. The van der Waals surface area contributed by atoms with Crippen molar-refractivity contribution >= 4 is 11.7 Å². The number of carbonyl (C=O) groups is 1. The number of fused-ring (bicyclic) bond motifs is 1. The van der Waals surface area contributed by atoms with Crippen LogP contribution >= 0.6 is 0 Å². The van der Waals surface area contributed by atoms with Crippen molar-refractivity contribution in [3.8, 4) is 17.2 Å². The van der Waals surface area contributed by atoms with Crippen molar-refractivity contribution in [2.45, 2.75) is 12.5 Å². The van der Waals surface area contributed by atoms with Crippen molar-refractivity contribution in [1.29, 1.82) is 0 Å². The van der Waals surface area contributed by atoms with Gasteiger partial charge in [0.25, 0.3) is 0 Å². The fourth-order valence-electron chi connectivity index (χ4n) is 2.50. The number of carbonyl (C=O) groups excluding carboxylic acids is 1. The van der Waals surface area contributed by atoms with Gasteiger partial charge in [-0.25, -0.2) is 4.79 Å². The molecule has 3 rings (SSSR count). The summed E-state index contributed by atoms with van der Waals surface area (Å²) in [5.74, 6) is 1.78. The maximum absolute atomic E-state index is 12.1. The molecule has 0 radical (unpaired) electrons. The molecule has 1 aliphatic rings. The van der Waals surface area contributed by atoms with Crippen LogP contribution in [0.2, 0.25) is 0 Å². The molecule has 2 aromatic rings. The van der Waals surface area contributed by atoms with Gasteiger partial charge in [0.1, 0.15) is 11.4 Å².